The number of morpholine rings is 1. The number of methoxy groups -OCH3 is 1. The first-order valence-corrected chi connectivity index (χ1v) is 7.66. The van der Waals surface area contributed by atoms with Gasteiger partial charge in [-0.1, -0.05) is 0 Å². The van der Waals surface area contributed by atoms with Crippen molar-refractivity contribution in [3.05, 3.63) is 46.8 Å². The molecule has 23 heavy (non-hydrogen) atoms. The normalized spacial score (nSPS) is 18.0. The molecule has 1 amide bonds. The zero-order chi connectivity index (χ0) is 16.4. The summed E-state index contributed by atoms with van der Waals surface area (Å²) in [7, 11) is 1.61. The van der Waals surface area contributed by atoms with Crippen molar-refractivity contribution >= 4 is 5.91 Å². The van der Waals surface area contributed by atoms with Gasteiger partial charge in [0.2, 0.25) is 0 Å². The average molecular weight is 315 g/mol. The topological polar surface area (TPSA) is 67.4 Å². The van der Waals surface area contributed by atoms with E-state index in [1.165, 1.54) is 0 Å². The fraction of sp³-hybridized carbons (Fsp3) is 0.412. The van der Waals surface area contributed by atoms with Crippen LogP contribution in [0.5, 0.6) is 5.75 Å². The van der Waals surface area contributed by atoms with Gasteiger partial charge in [-0.3, -0.25) is 9.89 Å². The van der Waals surface area contributed by atoms with E-state index in [2.05, 4.69) is 10.2 Å². The molecule has 1 aromatic heterocycles. The van der Waals surface area contributed by atoms with Crippen molar-refractivity contribution in [2.24, 2.45) is 0 Å². The van der Waals surface area contributed by atoms with Crippen molar-refractivity contribution in [2.45, 2.75) is 19.9 Å². The van der Waals surface area contributed by atoms with Crippen LogP contribution in [-0.2, 0) is 4.74 Å². The minimum atomic E-state index is -0.114. The van der Waals surface area contributed by atoms with Crippen LogP contribution in [0, 0.1) is 13.8 Å². The number of hydrogen-bond acceptors (Lipinski definition) is 4. The van der Waals surface area contributed by atoms with Gasteiger partial charge in [0.15, 0.2) is 0 Å². The van der Waals surface area contributed by atoms with Crippen molar-refractivity contribution < 1.29 is 14.3 Å². The van der Waals surface area contributed by atoms with Crippen LogP contribution in [0.4, 0.5) is 0 Å². The number of hydrogen-bond donors (Lipinski definition) is 1. The molecule has 0 radical (unpaired) electrons. The number of aromatic amines is 1. The Kier molecular flexibility index (Phi) is 4.34. The summed E-state index contributed by atoms with van der Waals surface area (Å²) in [4.78, 5) is 14.8. The number of amides is 1. The maximum Gasteiger partial charge on any atom is 0.254 e. The van der Waals surface area contributed by atoms with E-state index in [9.17, 15) is 4.79 Å². The molecule has 1 aliphatic rings. The first kappa shape index (κ1) is 15.6. The second-order valence-corrected chi connectivity index (χ2v) is 5.67. The summed E-state index contributed by atoms with van der Waals surface area (Å²) < 4.78 is 10.8. The number of aromatic nitrogens is 2. The van der Waals surface area contributed by atoms with Gasteiger partial charge >= 0.3 is 0 Å². The van der Waals surface area contributed by atoms with Crippen molar-refractivity contribution in [3.8, 4) is 5.75 Å². The van der Waals surface area contributed by atoms with Gasteiger partial charge in [-0.2, -0.15) is 5.10 Å². The molecule has 0 spiro atoms. The van der Waals surface area contributed by atoms with E-state index >= 15 is 0 Å². The summed E-state index contributed by atoms with van der Waals surface area (Å²) in [6.07, 6.45) is 0. The van der Waals surface area contributed by atoms with Gasteiger partial charge in [-0.05, 0) is 38.1 Å². The van der Waals surface area contributed by atoms with Crippen LogP contribution in [0.3, 0.4) is 0 Å². The van der Waals surface area contributed by atoms with Crippen molar-refractivity contribution in [3.63, 3.8) is 0 Å². The highest BCUT2D eigenvalue weighted by Crippen LogP contribution is 2.29. The molecule has 0 unspecified atom stereocenters. The Balaban J connectivity index is 1.90. The molecule has 1 aliphatic heterocycles. The Morgan fingerprint density at radius 1 is 1.35 bits per heavy atom. The van der Waals surface area contributed by atoms with Crippen LogP contribution < -0.4 is 4.74 Å². The Labute approximate surface area is 135 Å². The quantitative estimate of drug-likeness (QED) is 0.943. The lowest BCUT2D eigenvalue weighted by Crippen LogP contribution is -2.43. The Morgan fingerprint density at radius 2 is 2.09 bits per heavy atom. The number of aryl methyl sites for hydroxylation is 2. The second-order valence-electron chi connectivity index (χ2n) is 5.67. The highest BCUT2D eigenvalue weighted by atomic mass is 16.5. The molecule has 0 bridgehead atoms. The zero-order valence-corrected chi connectivity index (χ0v) is 13.6. The van der Waals surface area contributed by atoms with Gasteiger partial charge in [-0.25, -0.2) is 0 Å². The molecule has 1 aromatic carbocycles. The first-order chi connectivity index (χ1) is 11.1. The molecule has 0 saturated carbocycles. The summed E-state index contributed by atoms with van der Waals surface area (Å²) >= 11 is 0. The number of nitrogens with one attached hydrogen (secondary N) is 1. The summed E-state index contributed by atoms with van der Waals surface area (Å²) in [5.41, 5.74) is 3.58. The number of carbonyl (C=O) groups excluding carboxylic acids is 1. The van der Waals surface area contributed by atoms with Gasteiger partial charge in [0.1, 0.15) is 5.75 Å². The lowest BCUT2D eigenvalue weighted by Gasteiger charge is -2.36. The second kappa shape index (κ2) is 6.42. The number of carbonyl (C=O) groups is 1. The van der Waals surface area contributed by atoms with E-state index < -0.39 is 0 Å². The molecule has 2 aromatic rings. The molecule has 3 rings (SSSR count). The Hall–Kier alpha value is -2.34. The lowest BCUT2D eigenvalue weighted by atomic mass is 10.0. The minimum Gasteiger partial charge on any atom is -0.497 e. The molecular formula is C17H21N3O3. The van der Waals surface area contributed by atoms with Crippen molar-refractivity contribution in [1.82, 2.24) is 15.1 Å². The summed E-state index contributed by atoms with van der Waals surface area (Å²) in [6, 6.07) is 7.08. The largest absolute Gasteiger partial charge is 0.497 e. The summed E-state index contributed by atoms with van der Waals surface area (Å²) in [6.45, 7) is 5.53. The van der Waals surface area contributed by atoms with E-state index in [0.717, 1.165) is 22.7 Å². The van der Waals surface area contributed by atoms with Gasteiger partial charge in [0.05, 0.1) is 32.1 Å². The number of rotatable bonds is 3. The third kappa shape index (κ3) is 2.94. The van der Waals surface area contributed by atoms with Gasteiger partial charge in [0, 0.05) is 23.4 Å². The molecular weight excluding hydrogens is 294 g/mol. The predicted octanol–water partition coefficient (Wildman–Crippen LogP) is 2.25. The highest BCUT2D eigenvalue weighted by molar-refractivity contribution is 5.94. The monoisotopic (exact) mass is 315 g/mol. The molecule has 6 nitrogen and oxygen atoms in total. The van der Waals surface area contributed by atoms with E-state index in [0.29, 0.717) is 25.3 Å². The molecule has 122 valence electrons. The van der Waals surface area contributed by atoms with Crippen LogP contribution >= 0.6 is 0 Å². The summed E-state index contributed by atoms with van der Waals surface area (Å²) in [5, 5.41) is 7.23. The molecule has 1 saturated heterocycles. The lowest BCUT2D eigenvalue weighted by molar-refractivity contribution is -0.00301. The fourth-order valence-corrected chi connectivity index (χ4v) is 3.04. The van der Waals surface area contributed by atoms with Crippen LogP contribution in [0.1, 0.15) is 33.4 Å². The van der Waals surface area contributed by atoms with Gasteiger partial charge in [0.25, 0.3) is 5.91 Å². The number of benzene rings is 1. The van der Waals surface area contributed by atoms with Crippen LogP contribution in [0.25, 0.3) is 0 Å². The zero-order valence-electron chi connectivity index (χ0n) is 13.6. The van der Waals surface area contributed by atoms with E-state index in [4.69, 9.17) is 9.47 Å². The number of nitrogens with zero attached hydrogens (tertiary/aromatic N) is 2. The number of H-pyrrole nitrogens is 1. The molecule has 1 atom stereocenters. The fourth-order valence-electron chi connectivity index (χ4n) is 3.04. The van der Waals surface area contributed by atoms with Crippen LogP contribution in [0.15, 0.2) is 24.3 Å². The van der Waals surface area contributed by atoms with Crippen molar-refractivity contribution in [1.29, 1.82) is 0 Å². The minimum absolute atomic E-state index is 0.000882. The van der Waals surface area contributed by atoms with Gasteiger partial charge in [-0.15, -0.1) is 0 Å². The SMILES string of the molecule is COc1ccc(C(=O)N2CCOC[C@@H]2c2c(C)n[nH]c2C)cc1. The maximum atomic E-state index is 12.9. The van der Waals surface area contributed by atoms with Gasteiger partial charge < -0.3 is 14.4 Å². The predicted molar refractivity (Wildman–Crippen MR) is 85.7 cm³/mol. The number of ether oxygens (including phenoxy) is 2. The molecule has 2 heterocycles. The van der Waals surface area contributed by atoms with E-state index in [-0.39, 0.29) is 11.9 Å². The first-order valence-electron chi connectivity index (χ1n) is 7.66. The molecule has 0 aliphatic carbocycles. The molecule has 1 N–H and O–H groups in total. The van der Waals surface area contributed by atoms with Crippen molar-refractivity contribution in [2.75, 3.05) is 26.9 Å². The molecule has 6 heteroatoms. The van der Waals surface area contributed by atoms with E-state index in [1.54, 1.807) is 31.4 Å². The third-order valence-electron chi connectivity index (χ3n) is 4.24. The van der Waals surface area contributed by atoms with Crippen LogP contribution in [-0.4, -0.2) is 47.9 Å². The summed E-state index contributed by atoms with van der Waals surface area (Å²) in [5.74, 6) is 0.738. The molecule has 1 fully saturated rings. The average Bonchev–Trinajstić information content (AvgIpc) is 2.93. The third-order valence-corrected chi connectivity index (χ3v) is 4.24. The standard InChI is InChI=1S/C17H21N3O3/c1-11-16(12(2)19-18-11)15-10-23-9-8-20(15)17(21)13-4-6-14(22-3)7-5-13/h4-7,15H,8-10H2,1-3H3,(H,18,19)/t15-/m1/s1. The maximum absolute atomic E-state index is 12.9. The Bertz CT molecular complexity index is 674. The Morgan fingerprint density at radius 3 is 2.70 bits per heavy atom. The van der Waals surface area contributed by atoms with Crippen LogP contribution in [0.2, 0.25) is 0 Å². The smallest absolute Gasteiger partial charge is 0.254 e. The van der Waals surface area contributed by atoms with E-state index in [1.807, 2.05) is 18.7 Å². The highest BCUT2D eigenvalue weighted by Gasteiger charge is 2.32.